The Balaban J connectivity index is 1.44. The monoisotopic (exact) mass is 331 g/mol. The molecule has 1 amide bonds. The molecule has 0 aliphatic carbocycles. The van der Waals surface area contributed by atoms with E-state index in [1.165, 1.54) is 6.42 Å². The molecular weight excluding hydrogens is 306 g/mol. The van der Waals surface area contributed by atoms with E-state index in [0.717, 1.165) is 37.6 Å². The van der Waals surface area contributed by atoms with Gasteiger partial charge in [-0.25, -0.2) is 0 Å². The van der Waals surface area contributed by atoms with Crippen LogP contribution in [0.1, 0.15) is 37.2 Å². The van der Waals surface area contributed by atoms with Crippen LogP contribution in [0.15, 0.2) is 18.6 Å². The van der Waals surface area contributed by atoms with Crippen molar-refractivity contribution in [3.63, 3.8) is 0 Å². The molecule has 1 fully saturated rings. The summed E-state index contributed by atoms with van der Waals surface area (Å²) >= 11 is 0. The second kappa shape index (κ2) is 8.05. The molecule has 0 bridgehead atoms. The highest BCUT2D eigenvalue weighted by atomic mass is 16.2. The van der Waals surface area contributed by atoms with Crippen molar-refractivity contribution in [2.24, 2.45) is 0 Å². The quantitative estimate of drug-likeness (QED) is 0.763. The number of hydrogen-bond donors (Lipinski definition) is 2. The Labute approximate surface area is 141 Å². The van der Waals surface area contributed by atoms with Crippen molar-refractivity contribution >= 4 is 5.91 Å². The summed E-state index contributed by atoms with van der Waals surface area (Å²) in [5.41, 5.74) is 1.08. The smallest absolute Gasteiger partial charge is 0.241 e. The second-order valence-corrected chi connectivity index (χ2v) is 6.11. The largest absolute Gasteiger partial charge is 0.354 e. The molecule has 0 radical (unpaired) electrons. The highest BCUT2D eigenvalue weighted by molar-refractivity contribution is 5.75. The number of carbonyl (C=O) groups excluding carboxylic acids is 1. The molecule has 8 heteroatoms. The Bertz CT molecular complexity index is 657. The molecule has 24 heavy (non-hydrogen) atoms. The van der Waals surface area contributed by atoms with Crippen LogP contribution in [0.25, 0.3) is 0 Å². The third-order valence-electron chi connectivity index (χ3n) is 4.39. The van der Waals surface area contributed by atoms with Crippen molar-refractivity contribution in [2.45, 2.75) is 45.2 Å². The number of nitrogens with one attached hydrogen (secondary N) is 2. The summed E-state index contributed by atoms with van der Waals surface area (Å²) in [6.45, 7) is 5.75. The topological polar surface area (TPSA) is 89.7 Å². The first-order valence-electron chi connectivity index (χ1n) is 8.63. The van der Waals surface area contributed by atoms with Gasteiger partial charge in [-0.15, -0.1) is 10.2 Å². The minimum Gasteiger partial charge on any atom is -0.354 e. The molecule has 3 heterocycles. The maximum Gasteiger partial charge on any atom is 0.241 e. The summed E-state index contributed by atoms with van der Waals surface area (Å²) < 4.78 is 3.69. The van der Waals surface area contributed by atoms with Crippen molar-refractivity contribution in [3.8, 4) is 0 Å². The fraction of sp³-hybridized carbons (Fsp3) is 0.625. The minimum absolute atomic E-state index is 0.0333. The number of rotatable bonds is 7. The van der Waals surface area contributed by atoms with E-state index in [1.54, 1.807) is 11.0 Å². The highest BCUT2D eigenvalue weighted by Gasteiger charge is 2.17. The molecule has 0 saturated carbocycles. The summed E-state index contributed by atoms with van der Waals surface area (Å²) in [6.07, 6.45) is 6.62. The fourth-order valence-electron chi connectivity index (χ4n) is 3.04. The minimum atomic E-state index is -0.0333. The predicted octanol–water partition coefficient (Wildman–Crippen LogP) is 0.320. The summed E-state index contributed by atoms with van der Waals surface area (Å²) in [5, 5.41) is 18.8. The van der Waals surface area contributed by atoms with E-state index in [0.29, 0.717) is 18.9 Å². The van der Waals surface area contributed by atoms with Gasteiger partial charge in [-0.2, -0.15) is 5.10 Å². The van der Waals surface area contributed by atoms with E-state index in [-0.39, 0.29) is 12.5 Å². The molecule has 0 spiro atoms. The molecule has 3 rings (SSSR count). The SMILES string of the molecule is CCn1cnnc1CCNC(=O)Cn1ccc([C@@H]2CCCNC2)n1. The van der Waals surface area contributed by atoms with Crippen LogP contribution in [0, 0.1) is 0 Å². The van der Waals surface area contributed by atoms with Gasteiger partial charge in [0.05, 0.1) is 5.69 Å². The van der Waals surface area contributed by atoms with Crippen LogP contribution in [0.4, 0.5) is 0 Å². The van der Waals surface area contributed by atoms with Crippen LogP contribution < -0.4 is 10.6 Å². The van der Waals surface area contributed by atoms with E-state index >= 15 is 0 Å². The van der Waals surface area contributed by atoms with E-state index in [4.69, 9.17) is 0 Å². The predicted molar refractivity (Wildman–Crippen MR) is 89.5 cm³/mol. The lowest BCUT2D eigenvalue weighted by molar-refractivity contribution is -0.121. The van der Waals surface area contributed by atoms with Crippen LogP contribution in [0.3, 0.4) is 0 Å². The molecule has 130 valence electrons. The molecule has 1 aliphatic heterocycles. The number of aromatic nitrogens is 5. The van der Waals surface area contributed by atoms with Crippen molar-refractivity contribution in [1.29, 1.82) is 0 Å². The lowest BCUT2D eigenvalue weighted by atomic mass is 9.97. The van der Waals surface area contributed by atoms with Gasteiger partial charge in [0.15, 0.2) is 0 Å². The Morgan fingerprint density at radius 1 is 1.50 bits per heavy atom. The van der Waals surface area contributed by atoms with Gasteiger partial charge in [0, 0.05) is 38.2 Å². The maximum atomic E-state index is 12.1. The lowest BCUT2D eigenvalue weighted by Crippen LogP contribution is -2.30. The van der Waals surface area contributed by atoms with Gasteiger partial charge < -0.3 is 15.2 Å². The van der Waals surface area contributed by atoms with Crippen LogP contribution >= 0.6 is 0 Å². The van der Waals surface area contributed by atoms with Crippen LogP contribution in [-0.4, -0.2) is 50.1 Å². The molecule has 2 aromatic rings. The number of aryl methyl sites for hydroxylation is 1. The normalized spacial score (nSPS) is 17.8. The Hall–Kier alpha value is -2.22. The molecule has 0 aromatic carbocycles. The third-order valence-corrected chi connectivity index (χ3v) is 4.39. The Morgan fingerprint density at radius 2 is 2.42 bits per heavy atom. The molecular formula is C16H25N7O. The van der Waals surface area contributed by atoms with Crippen LogP contribution in [-0.2, 0) is 24.3 Å². The number of nitrogens with zero attached hydrogens (tertiary/aromatic N) is 5. The zero-order chi connectivity index (χ0) is 16.8. The van der Waals surface area contributed by atoms with Crippen LogP contribution in [0.5, 0.6) is 0 Å². The zero-order valence-corrected chi connectivity index (χ0v) is 14.1. The third kappa shape index (κ3) is 4.19. The average Bonchev–Trinajstić information content (AvgIpc) is 3.25. The molecule has 0 unspecified atom stereocenters. The van der Waals surface area contributed by atoms with Gasteiger partial charge in [-0.3, -0.25) is 9.48 Å². The molecule has 1 saturated heterocycles. The van der Waals surface area contributed by atoms with E-state index in [1.807, 2.05) is 23.8 Å². The average molecular weight is 331 g/mol. The van der Waals surface area contributed by atoms with E-state index in [9.17, 15) is 4.79 Å². The first kappa shape index (κ1) is 16.6. The van der Waals surface area contributed by atoms with Gasteiger partial charge in [-0.1, -0.05) is 0 Å². The van der Waals surface area contributed by atoms with Crippen LogP contribution in [0.2, 0.25) is 0 Å². The number of hydrogen-bond acceptors (Lipinski definition) is 5. The first-order chi connectivity index (χ1) is 11.8. The second-order valence-electron chi connectivity index (χ2n) is 6.11. The lowest BCUT2D eigenvalue weighted by Gasteiger charge is -2.20. The molecule has 8 nitrogen and oxygen atoms in total. The molecule has 2 N–H and O–H groups in total. The van der Waals surface area contributed by atoms with E-state index in [2.05, 4.69) is 25.9 Å². The fourth-order valence-corrected chi connectivity index (χ4v) is 3.04. The summed E-state index contributed by atoms with van der Waals surface area (Å²) in [4.78, 5) is 12.1. The standard InChI is InChI=1S/C16H25N7O/c1-2-22-12-19-20-15(22)5-8-18-16(24)11-23-9-6-14(21-23)13-4-3-7-17-10-13/h6,9,12-13,17H,2-5,7-8,10-11H2,1H3,(H,18,24)/t13-/m1/s1. The first-order valence-corrected chi connectivity index (χ1v) is 8.63. The van der Waals surface area contributed by atoms with E-state index < -0.39 is 0 Å². The van der Waals surface area contributed by atoms with Crippen molar-refractivity contribution in [3.05, 3.63) is 30.1 Å². The summed E-state index contributed by atoms with van der Waals surface area (Å²) in [7, 11) is 0. The highest BCUT2D eigenvalue weighted by Crippen LogP contribution is 2.21. The molecule has 1 atom stereocenters. The number of amides is 1. The van der Waals surface area contributed by atoms with Gasteiger partial charge >= 0.3 is 0 Å². The number of carbonyl (C=O) groups is 1. The van der Waals surface area contributed by atoms with Gasteiger partial charge in [-0.05, 0) is 32.4 Å². The van der Waals surface area contributed by atoms with Crippen molar-refractivity contribution in [2.75, 3.05) is 19.6 Å². The van der Waals surface area contributed by atoms with Gasteiger partial charge in [0.1, 0.15) is 18.7 Å². The van der Waals surface area contributed by atoms with Crippen molar-refractivity contribution in [1.82, 2.24) is 35.2 Å². The summed E-state index contributed by atoms with van der Waals surface area (Å²) in [5.74, 6) is 1.32. The van der Waals surface area contributed by atoms with Crippen molar-refractivity contribution < 1.29 is 4.79 Å². The van der Waals surface area contributed by atoms with Gasteiger partial charge in [0.2, 0.25) is 5.91 Å². The maximum absolute atomic E-state index is 12.1. The zero-order valence-electron chi connectivity index (χ0n) is 14.1. The Kier molecular flexibility index (Phi) is 5.58. The molecule has 1 aliphatic rings. The summed E-state index contributed by atoms with van der Waals surface area (Å²) in [6, 6.07) is 2.02. The Morgan fingerprint density at radius 3 is 3.21 bits per heavy atom. The van der Waals surface area contributed by atoms with Gasteiger partial charge in [0.25, 0.3) is 0 Å². The number of piperidine rings is 1. The molecule has 2 aromatic heterocycles.